The van der Waals surface area contributed by atoms with E-state index in [1.165, 1.54) is 38.5 Å². The van der Waals surface area contributed by atoms with Gasteiger partial charge in [-0.3, -0.25) is 18.6 Å². The second-order valence-corrected chi connectivity index (χ2v) is 15.2. The first-order chi connectivity index (χ1) is 26.5. The number of rotatable bonds is 37. The standard InChI is InChI=1S/C42H73O12P/c1-3-5-7-9-11-12-13-14-15-16-17-19-25-31-42(48)54-40(36-53-55(49,50)52-34-39(46)33-43)35-51-41(47)32-26-30-38(45)29-24-21-20-23-28-37(44)27-22-18-10-8-6-4-2/h12-13,18,20-24,28-29,37-40,43-46H,3-11,14-17,19,25-27,30-36H2,1-2H3,(H,49,50)/b13-12-,21-20+,22-18-,28-23+,29-24-/t37-,38-,39+,40-/m1/s1. The van der Waals surface area contributed by atoms with E-state index < -0.39 is 70.6 Å². The molecule has 0 bridgehead atoms. The molecule has 0 aliphatic carbocycles. The Labute approximate surface area is 331 Å². The Bertz CT molecular complexity index is 1140. The van der Waals surface area contributed by atoms with E-state index >= 15 is 0 Å². The number of carbonyl (C=O) groups is 2. The predicted octanol–water partition coefficient (Wildman–Crippen LogP) is 8.27. The molecule has 1 unspecified atom stereocenters. The molecule has 0 aliphatic heterocycles. The third-order valence-corrected chi connectivity index (χ3v) is 9.29. The van der Waals surface area contributed by atoms with E-state index in [1.807, 2.05) is 6.08 Å². The summed E-state index contributed by atoms with van der Waals surface area (Å²) in [6.07, 6.45) is 32.5. The lowest BCUT2D eigenvalue weighted by Gasteiger charge is -2.20. The van der Waals surface area contributed by atoms with Crippen LogP contribution in [0.4, 0.5) is 0 Å². The van der Waals surface area contributed by atoms with Gasteiger partial charge in [0.1, 0.15) is 12.7 Å². The van der Waals surface area contributed by atoms with Crippen LogP contribution in [0, 0.1) is 0 Å². The monoisotopic (exact) mass is 800 g/mol. The van der Waals surface area contributed by atoms with Crippen molar-refractivity contribution in [1.29, 1.82) is 0 Å². The molecular formula is C42H73O12P. The number of aliphatic hydroxyl groups is 4. The first-order valence-corrected chi connectivity index (χ1v) is 22.0. The second-order valence-electron chi connectivity index (χ2n) is 13.7. The highest BCUT2D eigenvalue weighted by Gasteiger charge is 2.27. The molecule has 0 rings (SSSR count). The fourth-order valence-electron chi connectivity index (χ4n) is 5.06. The largest absolute Gasteiger partial charge is 0.472 e. The normalized spacial score (nSPS) is 15.7. The molecule has 55 heavy (non-hydrogen) atoms. The topological polar surface area (TPSA) is 189 Å². The Morgan fingerprint density at radius 2 is 1.15 bits per heavy atom. The van der Waals surface area contributed by atoms with Crippen LogP contribution in [0.3, 0.4) is 0 Å². The highest BCUT2D eigenvalue weighted by Crippen LogP contribution is 2.43. The molecule has 0 aromatic rings. The van der Waals surface area contributed by atoms with Crippen LogP contribution in [-0.2, 0) is 32.7 Å². The molecule has 0 fully saturated rings. The van der Waals surface area contributed by atoms with Gasteiger partial charge in [0.25, 0.3) is 0 Å². The van der Waals surface area contributed by atoms with Crippen LogP contribution < -0.4 is 0 Å². The quantitative estimate of drug-likeness (QED) is 0.0133. The zero-order valence-electron chi connectivity index (χ0n) is 33.6. The Hall–Kier alpha value is -2.41. The van der Waals surface area contributed by atoms with Crippen LogP contribution in [0.25, 0.3) is 0 Å². The Kier molecular flexibility index (Phi) is 35.6. The molecule has 0 spiro atoms. The molecule has 0 saturated carbocycles. The van der Waals surface area contributed by atoms with Gasteiger partial charge in [-0.05, 0) is 64.2 Å². The molecule has 5 atom stereocenters. The van der Waals surface area contributed by atoms with Crippen molar-refractivity contribution in [3.05, 3.63) is 60.8 Å². The maximum Gasteiger partial charge on any atom is 0.472 e. The smallest absolute Gasteiger partial charge is 0.462 e. The van der Waals surface area contributed by atoms with Crippen molar-refractivity contribution in [3.8, 4) is 0 Å². The number of allylic oxidation sites excluding steroid dienone is 7. The molecule has 0 amide bonds. The number of phosphoric ester groups is 1. The first-order valence-electron chi connectivity index (χ1n) is 20.5. The van der Waals surface area contributed by atoms with E-state index in [4.69, 9.17) is 19.1 Å². The van der Waals surface area contributed by atoms with Gasteiger partial charge in [0, 0.05) is 12.8 Å². The molecule has 0 aliphatic rings. The Balaban J connectivity index is 4.62. The van der Waals surface area contributed by atoms with Crippen LogP contribution in [0.15, 0.2) is 60.8 Å². The average molecular weight is 801 g/mol. The summed E-state index contributed by atoms with van der Waals surface area (Å²) in [5, 5.41) is 38.5. The van der Waals surface area contributed by atoms with Gasteiger partial charge in [-0.25, -0.2) is 4.57 Å². The molecule has 0 aromatic heterocycles. The summed E-state index contributed by atoms with van der Waals surface area (Å²) in [6, 6.07) is 0. The minimum absolute atomic E-state index is 0.0225. The van der Waals surface area contributed by atoms with Gasteiger partial charge >= 0.3 is 19.8 Å². The van der Waals surface area contributed by atoms with E-state index in [1.54, 1.807) is 36.5 Å². The van der Waals surface area contributed by atoms with Gasteiger partial charge in [0.05, 0.1) is 32.0 Å². The Morgan fingerprint density at radius 1 is 0.618 bits per heavy atom. The van der Waals surface area contributed by atoms with Gasteiger partial charge in [0.15, 0.2) is 6.10 Å². The summed E-state index contributed by atoms with van der Waals surface area (Å²) < 4.78 is 32.4. The van der Waals surface area contributed by atoms with Crippen molar-refractivity contribution in [2.45, 2.75) is 167 Å². The SMILES string of the molecule is CCCCC/C=C\C[C@@H](O)/C=C/C=C/C=C\[C@@H](O)CCCC(=O)OC[C@H](COP(=O)(O)OC[C@@H](O)CO)OC(=O)CCCCCCC/C=C\CCCCCC. The third kappa shape index (κ3) is 37.0. The van der Waals surface area contributed by atoms with Crippen molar-refractivity contribution in [2.75, 3.05) is 26.4 Å². The van der Waals surface area contributed by atoms with Crippen molar-refractivity contribution in [3.63, 3.8) is 0 Å². The molecule has 0 heterocycles. The first kappa shape index (κ1) is 52.6. The molecule has 0 radical (unpaired) electrons. The van der Waals surface area contributed by atoms with E-state index in [2.05, 4.69) is 36.6 Å². The molecular weight excluding hydrogens is 727 g/mol. The van der Waals surface area contributed by atoms with Crippen molar-refractivity contribution in [1.82, 2.24) is 0 Å². The van der Waals surface area contributed by atoms with Crippen LogP contribution in [0.1, 0.15) is 142 Å². The zero-order chi connectivity index (χ0) is 40.8. The summed E-state index contributed by atoms with van der Waals surface area (Å²) in [7, 11) is -4.68. The number of phosphoric acid groups is 1. The fourth-order valence-corrected chi connectivity index (χ4v) is 5.85. The third-order valence-electron chi connectivity index (χ3n) is 8.33. The van der Waals surface area contributed by atoms with Crippen LogP contribution >= 0.6 is 7.82 Å². The number of hydrogen-bond acceptors (Lipinski definition) is 11. The van der Waals surface area contributed by atoms with Gasteiger partial charge in [0.2, 0.25) is 0 Å². The summed E-state index contributed by atoms with van der Waals surface area (Å²) in [4.78, 5) is 34.9. The Morgan fingerprint density at radius 3 is 1.80 bits per heavy atom. The molecule has 0 saturated heterocycles. The van der Waals surface area contributed by atoms with Gasteiger partial charge in [-0.2, -0.15) is 0 Å². The second kappa shape index (κ2) is 37.2. The minimum Gasteiger partial charge on any atom is -0.462 e. The highest BCUT2D eigenvalue weighted by molar-refractivity contribution is 7.47. The summed E-state index contributed by atoms with van der Waals surface area (Å²) in [5.74, 6) is -1.18. The summed E-state index contributed by atoms with van der Waals surface area (Å²) in [6.45, 7) is 1.99. The van der Waals surface area contributed by atoms with Crippen LogP contribution in [-0.4, -0.2) is 88.1 Å². The van der Waals surface area contributed by atoms with Crippen molar-refractivity contribution >= 4 is 19.8 Å². The molecule has 13 heteroatoms. The van der Waals surface area contributed by atoms with E-state index in [-0.39, 0.29) is 12.8 Å². The zero-order valence-corrected chi connectivity index (χ0v) is 34.5. The summed E-state index contributed by atoms with van der Waals surface area (Å²) in [5.41, 5.74) is 0. The van der Waals surface area contributed by atoms with Gasteiger partial charge in [-0.15, -0.1) is 0 Å². The number of unbranched alkanes of at least 4 members (excludes halogenated alkanes) is 12. The van der Waals surface area contributed by atoms with Crippen LogP contribution in [0.2, 0.25) is 0 Å². The molecule has 12 nitrogen and oxygen atoms in total. The van der Waals surface area contributed by atoms with E-state index in [0.29, 0.717) is 25.7 Å². The lowest BCUT2D eigenvalue weighted by Crippen LogP contribution is -2.30. The van der Waals surface area contributed by atoms with Gasteiger partial charge in [-0.1, -0.05) is 126 Å². The van der Waals surface area contributed by atoms with Crippen molar-refractivity contribution in [2.24, 2.45) is 0 Å². The molecule has 318 valence electrons. The number of hydrogen-bond donors (Lipinski definition) is 5. The van der Waals surface area contributed by atoms with Crippen LogP contribution in [0.5, 0.6) is 0 Å². The minimum atomic E-state index is -4.68. The predicted molar refractivity (Wildman–Crippen MR) is 217 cm³/mol. The van der Waals surface area contributed by atoms with E-state index in [0.717, 1.165) is 51.4 Å². The highest BCUT2D eigenvalue weighted by atomic mass is 31.2. The number of carbonyl (C=O) groups excluding carboxylic acids is 2. The summed E-state index contributed by atoms with van der Waals surface area (Å²) >= 11 is 0. The lowest BCUT2D eigenvalue weighted by molar-refractivity contribution is -0.161. The maximum atomic E-state index is 12.6. The molecule has 5 N–H and O–H groups in total. The number of esters is 2. The fraction of sp³-hybridized carbons (Fsp3) is 0.714. The number of ether oxygens (including phenoxy) is 2. The van der Waals surface area contributed by atoms with Gasteiger partial charge < -0.3 is 34.8 Å². The number of aliphatic hydroxyl groups excluding tert-OH is 4. The lowest BCUT2D eigenvalue weighted by atomic mass is 10.1. The van der Waals surface area contributed by atoms with E-state index in [9.17, 15) is 34.4 Å². The average Bonchev–Trinajstić information content (AvgIpc) is 3.16. The molecule has 0 aromatic carbocycles. The van der Waals surface area contributed by atoms with Crippen molar-refractivity contribution < 1.29 is 58.0 Å². The maximum absolute atomic E-state index is 12.6.